The molecule has 1 aromatic heterocycles. The molecule has 1 saturated heterocycles. The molecular formula is C24H26N4O4. The number of para-hydroxylation sites is 1. The van der Waals surface area contributed by atoms with Crippen LogP contribution in [-0.2, 0) is 11.3 Å². The maximum Gasteiger partial charge on any atom is 0.336 e. The van der Waals surface area contributed by atoms with Gasteiger partial charge in [-0.3, -0.25) is 9.69 Å². The second-order valence-corrected chi connectivity index (χ2v) is 7.82. The van der Waals surface area contributed by atoms with E-state index < -0.39 is 5.97 Å². The van der Waals surface area contributed by atoms with Gasteiger partial charge in [-0.05, 0) is 30.3 Å². The standard InChI is InChI=1S/C24H26N4O4/c1-16(29)25-18-7-8-21-19(13-18)20(24(30)31)14-23(26-21)28-11-9-27(10-12-28)15-17-5-3-4-6-22(17)32-2/h3-8,13-14H,9-12,15H2,1-2H3,(H,25,29)(H,30,31). The molecular weight excluding hydrogens is 408 g/mol. The van der Waals surface area contributed by atoms with Crippen LogP contribution in [-0.4, -0.2) is 60.2 Å². The minimum Gasteiger partial charge on any atom is -0.496 e. The number of hydrogen-bond donors (Lipinski definition) is 2. The van der Waals surface area contributed by atoms with Gasteiger partial charge in [-0.1, -0.05) is 18.2 Å². The van der Waals surface area contributed by atoms with Crippen LogP contribution in [0.4, 0.5) is 11.5 Å². The summed E-state index contributed by atoms with van der Waals surface area (Å²) in [7, 11) is 1.68. The number of carboxylic acids is 1. The first kappa shape index (κ1) is 21.6. The Balaban J connectivity index is 1.53. The van der Waals surface area contributed by atoms with E-state index in [0.717, 1.165) is 44.0 Å². The normalized spacial score (nSPS) is 14.4. The quantitative estimate of drug-likeness (QED) is 0.615. The van der Waals surface area contributed by atoms with Crippen molar-refractivity contribution in [2.45, 2.75) is 13.5 Å². The van der Waals surface area contributed by atoms with Crippen LogP contribution in [0.1, 0.15) is 22.8 Å². The molecule has 1 fully saturated rings. The van der Waals surface area contributed by atoms with E-state index in [1.54, 1.807) is 31.4 Å². The highest BCUT2D eigenvalue weighted by Gasteiger charge is 2.21. The van der Waals surface area contributed by atoms with Gasteiger partial charge in [0.1, 0.15) is 11.6 Å². The van der Waals surface area contributed by atoms with Crippen molar-refractivity contribution in [1.82, 2.24) is 9.88 Å². The zero-order valence-electron chi connectivity index (χ0n) is 18.2. The van der Waals surface area contributed by atoms with Crippen molar-refractivity contribution in [3.8, 4) is 5.75 Å². The predicted octanol–water partition coefficient (Wildman–Crippen LogP) is 3.22. The van der Waals surface area contributed by atoms with Crippen molar-refractivity contribution in [2.75, 3.05) is 43.5 Å². The van der Waals surface area contributed by atoms with Crippen molar-refractivity contribution >= 4 is 34.3 Å². The van der Waals surface area contributed by atoms with Gasteiger partial charge in [0, 0.05) is 56.3 Å². The summed E-state index contributed by atoms with van der Waals surface area (Å²) >= 11 is 0. The van der Waals surface area contributed by atoms with E-state index in [-0.39, 0.29) is 11.5 Å². The summed E-state index contributed by atoms with van der Waals surface area (Å²) < 4.78 is 5.46. The molecule has 0 saturated carbocycles. The Morgan fingerprint density at radius 2 is 1.84 bits per heavy atom. The molecule has 0 radical (unpaired) electrons. The molecule has 166 valence electrons. The third kappa shape index (κ3) is 4.65. The summed E-state index contributed by atoms with van der Waals surface area (Å²) in [6.45, 7) is 5.38. The topological polar surface area (TPSA) is 95.0 Å². The van der Waals surface area contributed by atoms with Crippen LogP contribution in [0.3, 0.4) is 0 Å². The average molecular weight is 434 g/mol. The zero-order chi connectivity index (χ0) is 22.7. The van der Waals surface area contributed by atoms with E-state index in [4.69, 9.17) is 9.72 Å². The fourth-order valence-corrected chi connectivity index (χ4v) is 4.04. The fraction of sp³-hybridized carbons (Fsp3) is 0.292. The second-order valence-electron chi connectivity index (χ2n) is 7.82. The average Bonchev–Trinajstić information content (AvgIpc) is 2.78. The second kappa shape index (κ2) is 9.23. The molecule has 0 aliphatic carbocycles. The lowest BCUT2D eigenvalue weighted by atomic mass is 10.1. The van der Waals surface area contributed by atoms with Crippen molar-refractivity contribution in [3.63, 3.8) is 0 Å². The number of nitrogens with one attached hydrogen (secondary N) is 1. The number of anilines is 2. The molecule has 32 heavy (non-hydrogen) atoms. The predicted molar refractivity (Wildman–Crippen MR) is 123 cm³/mol. The number of carbonyl (C=O) groups is 2. The maximum atomic E-state index is 11.9. The minimum atomic E-state index is -1.02. The number of nitrogens with zero attached hydrogens (tertiary/aromatic N) is 3. The Morgan fingerprint density at radius 1 is 1.09 bits per heavy atom. The number of amides is 1. The third-order valence-corrected chi connectivity index (χ3v) is 5.63. The van der Waals surface area contributed by atoms with Crippen LogP contribution in [0.2, 0.25) is 0 Å². The number of methoxy groups -OCH3 is 1. The summed E-state index contributed by atoms with van der Waals surface area (Å²) in [5, 5.41) is 13.0. The van der Waals surface area contributed by atoms with E-state index in [1.807, 2.05) is 18.2 Å². The van der Waals surface area contributed by atoms with Gasteiger partial charge in [-0.2, -0.15) is 0 Å². The number of fused-ring (bicyclic) bond motifs is 1. The van der Waals surface area contributed by atoms with Gasteiger partial charge < -0.3 is 20.1 Å². The molecule has 8 nitrogen and oxygen atoms in total. The van der Waals surface area contributed by atoms with E-state index in [0.29, 0.717) is 22.4 Å². The van der Waals surface area contributed by atoms with Crippen LogP contribution in [0.25, 0.3) is 10.9 Å². The highest BCUT2D eigenvalue weighted by atomic mass is 16.5. The van der Waals surface area contributed by atoms with Crippen LogP contribution in [0.15, 0.2) is 48.5 Å². The smallest absolute Gasteiger partial charge is 0.336 e. The van der Waals surface area contributed by atoms with Crippen molar-refractivity contribution < 1.29 is 19.4 Å². The van der Waals surface area contributed by atoms with Gasteiger partial charge in [0.15, 0.2) is 0 Å². The molecule has 4 rings (SSSR count). The number of aromatic carboxylic acids is 1. The van der Waals surface area contributed by atoms with Crippen LogP contribution in [0.5, 0.6) is 5.75 Å². The molecule has 2 heterocycles. The van der Waals surface area contributed by atoms with Crippen molar-refractivity contribution in [1.29, 1.82) is 0 Å². The number of carboxylic acid groups (broad SMARTS) is 1. The van der Waals surface area contributed by atoms with Gasteiger partial charge in [0.2, 0.25) is 5.91 Å². The summed E-state index contributed by atoms with van der Waals surface area (Å²) in [4.78, 5) is 32.5. The van der Waals surface area contributed by atoms with Crippen LogP contribution in [0, 0.1) is 0 Å². The summed E-state index contributed by atoms with van der Waals surface area (Å²) in [6, 6.07) is 14.8. The Bertz CT molecular complexity index is 1160. The molecule has 0 spiro atoms. The monoisotopic (exact) mass is 434 g/mol. The SMILES string of the molecule is COc1ccccc1CN1CCN(c2cc(C(=O)O)c3cc(NC(C)=O)ccc3n2)CC1. The Kier molecular flexibility index (Phi) is 6.23. The van der Waals surface area contributed by atoms with Gasteiger partial charge in [-0.25, -0.2) is 9.78 Å². The zero-order valence-corrected chi connectivity index (χ0v) is 18.2. The fourth-order valence-electron chi connectivity index (χ4n) is 4.04. The lowest BCUT2D eigenvalue weighted by Gasteiger charge is -2.35. The highest BCUT2D eigenvalue weighted by Crippen LogP contribution is 2.27. The molecule has 0 atom stereocenters. The van der Waals surface area contributed by atoms with Crippen molar-refractivity contribution in [3.05, 3.63) is 59.7 Å². The van der Waals surface area contributed by atoms with E-state index >= 15 is 0 Å². The molecule has 3 aromatic rings. The summed E-state index contributed by atoms with van der Waals surface area (Å²) in [5.74, 6) is 0.306. The van der Waals surface area contributed by atoms with Crippen LogP contribution < -0.4 is 15.0 Å². The van der Waals surface area contributed by atoms with Gasteiger partial charge >= 0.3 is 5.97 Å². The van der Waals surface area contributed by atoms with Gasteiger partial charge in [0.25, 0.3) is 0 Å². The van der Waals surface area contributed by atoms with Gasteiger partial charge in [0.05, 0.1) is 18.2 Å². The molecule has 2 N–H and O–H groups in total. The largest absolute Gasteiger partial charge is 0.496 e. The number of aromatic nitrogens is 1. The Labute approximate surface area is 186 Å². The number of hydrogen-bond acceptors (Lipinski definition) is 6. The first-order chi connectivity index (χ1) is 15.4. The highest BCUT2D eigenvalue weighted by molar-refractivity contribution is 6.05. The van der Waals surface area contributed by atoms with E-state index in [2.05, 4.69) is 21.2 Å². The number of ether oxygens (including phenoxy) is 1. The number of carbonyl (C=O) groups excluding carboxylic acids is 1. The number of benzene rings is 2. The maximum absolute atomic E-state index is 11.9. The Hall–Kier alpha value is -3.65. The molecule has 1 aliphatic rings. The van der Waals surface area contributed by atoms with E-state index in [1.165, 1.54) is 6.92 Å². The third-order valence-electron chi connectivity index (χ3n) is 5.63. The minimum absolute atomic E-state index is 0.175. The molecule has 0 unspecified atom stereocenters. The number of piperazine rings is 1. The molecule has 8 heteroatoms. The molecule has 1 aliphatic heterocycles. The molecule has 0 bridgehead atoms. The summed E-state index contributed by atoms with van der Waals surface area (Å²) in [5.41, 5.74) is 2.46. The number of rotatable bonds is 6. The number of pyridine rings is 1. The lowest BCUT2D eigenvalue weighted by molar-refractivity contribution is -0.114. The van der Waals surface area contributed by atoms with Gasteiger partial charge in [-0.15, -0.1) is 0 Å². The first-order valence-electron chi connectivity index (χ1n) is 10.5. The summed E-state index contributed by atoms with van der Waals surface area (Å²) in [6.07, 6.45) is 0. The Morgan fingerprint density at radius 3 is 2.53 bits per heavy atom. The molecule has 1 amide bonds. The van der Waals surface area contributed by atoms with Crippen LogP contribution >= 0.6 is 0 Å². The lowest BCUT2D eigenvalue weighted by Crippen LogP contribution is -2.46. The molecule has 2 aromatic carbocycles. The van der Waals surface area contributed by atoms with E-state index in [9.17, 15) is 14.7 Å². The van der Waals surface area contributed by atoms with Crippen molar-refractivity contribution in [2.24, 2.45) is 0 Å². The first-order valence-corrected chi connectivity index (χ1v) is 10.5.